The van der Waals surface area contributed by atoms with Crippen molar-refractivity contribution in [3.63, 3.8) is 0 Å². The van der Waals surface area contributed by atoms with Crippen LogP contribution in [0.25, 0.3) is 0 Å². The zero-order valence-corrected chi connectivity index (χ0v) is 7.57. The lowest BCUT2D eigenvalue weighted by molar-refractivity contribution is 0.214. The second-order valence-corrected chi connectivity index (χ2v) is 2.59. The molecular weight excluding hydrogens is 166 g/mol. The van der Waals surface area contributed by atoms with Crippen LogP contribution in [0.2, 0.25) is 0 Å². The topological polar surface area (TPSA) is 38.7 Å². The van der Waals surface area contributed by atoms with Crippen LogP contribution in [0.1, 0.15) is 11.1 Å². The first kappa shape index (κ1) is 9.45. The molecule has 0 amide bonds. The van der Waals surface area contributed by atoms with Crippen LogP contribution >= 0.6 is 0 Å². The predicted octanol–water partition coefficient (Wildman–Crippen LogP) is 1.46. The third kappa shape index (κ3) is 2.40. The van der Waals surface area contributed by atoms with Gasteiger partial charge in [-0.1, -0.05) is 35.0 Å². The molecule has 0 aromatic heterocycles. The zero-order chi connectivity index (χ0) is 9.68. The summed E-state index contributed by atoms with van der Waals surface area (Å²) < 4.78 is 0. The largest absolute Gasteiger partial charge is 0.399 e. The molecule has 0 fully saturated rings. The van der Waals surface area contributed by atoms with Gasteiger partial charge in [-0.15, -0.1) is 0 Å². The number of oxime groups is 1. The number of carbonyl (C=O) groups excluding carboxylic acids is 1. The molecule has 0 saturated heterocycles. The highest BCUT2D eigenvalue weighted by molar-refractivity contribution is 6.36. The number of rotatable bonds is 3. The standard InChI is InChI=1S/C10H10NO2/c1-8-3-5-9(6-4-8)10(7-12)11-13-2/h3-6H,1-2H3/b11-10-. The Kier molecular flexibility index (Phi) is 3.20. The van der Waals surface area contributed by atoms with E-state index in [1.807, 2.05) is 19.1 Å². The van der Waals surface area contributed by atoms with Crippen LogP contribution in [-0.4, -0.2) is 19.1 Å². The normalized spacial score (nSPS) is 11.1. The SMILES string of the molecule is CO/N=C(/[C]=O)c1ccc(C)cc1. The van der Waals surface area contributed by atoms with Gasteiger partial charge in [0.15, 0.2) is 5.71 Å². The van der Waals surface area contributed by atoms with Crippen LogP contribution in [0.15, 0.2) is 29.4 Å². The van der Waals surface area contributed by atoms with E-state index < -0.39 is 0 Å². The van der Waals surface area contributed by atoms with Crippen molar-refractivity contribution in [2.45, 2.75) is 6.92 Å². The minimum absolute atomic E-state index is 0.183. The number of hydrogen-bond donors (Lipinski definition) is 0. The van der Waals surface area contributed by atoms with Crippen LogP contribution in [0.5, 0.6) is 0 Å². The Hall–Kier alpha value is -1.64. The monoisotopic (exact) mass is 176 g/mol. The minimum atomic E-state index is 0.183. The molecule has 1 aromatic rings. The fourth-order valence-corrected chi connectivity index (χ4v) is 0.933. The van der Waals surface area contributed by atoms with Gasteiger partial charge in [0.25, 0.3) is 6.29 Å². The van der Waals surface area contributed by atoms with E-state index in [2.05, 4.69) is 9.99 Å². The number of nitrogens with zero attached hydrogens (tertiary/aromatic N) is 1. The molecule has 0 aliphatic heterocycles. The van der Waals surface area contributed by atoms with Crippen LogP contribution in [0.4, 0.5) is 0 Å². The van der Waals surface area contributed by atoms with Crippen molar-refractivity contribution in [1.29, 1.82) is 0 Å². The van der Waals surface area contributed by atoms with E-state index in [9.17, 15) is 4.79 Å². The zero-order valence-electron chi connectivity index (χ0n) is 7.57. The Balaban J connectivity index is 2.99. The first-order valence-electron chi connectivity index (χ1n) is 3.84. The Morgan fingerprint density at radius 3 is 2.46 bits per heavy atom. The average molecular weight is 176 g/mol. The fraction of sp³-hybridized carbons (Fsp3) is 0.200. The lowest BCUT2D eigenvalue weighted by atomic mass is 10.1. The summed E-state index contributed by atoms with van der Waals surface area (Å²) in [5.74, 6) is 0. The summed E-state index contributed by atoms with van der Waals surface area (Å²) in [6.07, 6.45) is 1.71. The summed E-state index contributed by atoms with van der Waals surface area (Å²) in [6, 6.07) is 7.41. The van der Waals surface area contributed by atoms with Gasteiger partial charge in [-0.05, 0) is 6.92 Å². The second kappa shape index (κ2) is 4.40. The Morgan fingerprint density at radius 2 is 2.00 bits per heavy atom. The van der Waals surface area contributed by atoms with Crippen molar-refractivity contribution in [2.24, 2.45) is 5.16 Å². The Labute approximate surface area is 77.0 Å². The van der Waals surface area contributed by atoms with E-state index in [0.29, 0.717) is 5.56 Å². The van der Waals surface area contributed by atoms with Gasteiger partial charge in [0.1, 0.15) is 7.11 Å². The fourth-order valence-electron chi connectivity index (χ4n) is 0.933. The summed E-state index contributed by atoms with van der Waals surface area (Å²) in [6.45, 7) is 1.97. The second-order valence-electron chi connectivity index (χ2n) is 2.59. The maximum atomic E-state index is 10.4. The lowest BCUT2D eigenvalue weighted by Crippen LogP contribution is -2.02. The molecule has 0 bridgehead atoms. The molecule has 0 unspecified atom stereocenters. The Bertz CT molecular complexity index is 314. The molecule has 0 N–H and O–H groups in total. The minimum Gasteiger partial charge on any atom is -0.399 e. The molecule has 0 aliphatic carbocycles. The molecule has 13 heavy (non-hydrogen) atoms. The van der Waals surface area contributed by atoms with Crippen molar-refractivity contribution in [1.82, 2.24) is 0 Å². The van der Waals surface area contributed by atoms with Gasteiger partial charge in [-0.3, -0.25) is 4.79 Å². The number of aryl methyl sites for hydroxylation is 1. The molecule has 1 rings (SSSR count). The highest BCUT2D eigenvalue weighted by Crippen LogP contribution is 2.03. The molecule has 1 radical (unpaired) electrons. The lowest BCUT2D eigenvalue weighted by Gasteiger charge is -1.97. The van der Waals surface area contributed by atoms with Crippen molar-refractivity contribution in [2.75, 3.05) is 7.11 Å². The van der Waals surface area contributed by atoms with Crippen LogP contribution < -0.4 is 0 Å². The van der Waals surface area contributed by atoms with Crippen molar-refractivity contribution in [3.05, 3.63) is 35.4 Å². The van der Waals surface area contributed by atoms with E-state index in [1.54, 1.807) is 18.4 Å². The molecule has 3 heteroatoms. The number of hydrogen-bond acceptors (Lipinski definition) is 3. The number of benzene rings is 1. The molecule has 0 aliphatic rings. The molecular formula is C10H10NO2. The molecule has 0 saturated carbocycles. The highest BCUT2D eigenvalue weighted by Gasteiger charge is 2.02. The van der Waals surface area contributed by atoms with E-state index in [0.717, 1.165) is 5.56 Å². The van der Waals surface area contributed by atoms with E-state index in [-0.39, 0.29) is 5.71 Å². The molecule has 67 valence electrons. The highest BCUT2D eigenvalue weighted by atomic mass is 16.6. The molecule has 3 nitrogen and oxygen atoms in total. The third-order valence-corrected chi connectivity index (χ3v) is 1.60. The third-order valence-electron chi connectivity index (χ3n) is 1.60. The van der Waals surface area contributed by atoms with E-state index in [1.165, 1.54) is 7.11 Å². The average Bonchev–Trinajstić information content (AvgIpc) is 2.16. The smallest absolute Gasteiger partial charge is 0.257 e. The first-order chi connectivity index (χ1) is 6.27. The molecule has 0 spiro atoms. The van der Waals surface area contributed by atoms with Crippen LogP contribution in [0.3, 0.4) is 0 Å². The van der Waals surface area contributed by atoms with Crippen molar-refractivity contribution < 1.29 is 9.63 Å². The first-order valence-corrected chi connectivity index (χ1v) is 3.84. The summed E-state index contributed by atoms with van der Waals surface area (Å²) in [5, 5.41) is 3.54. The van der Waals surface area contributed by atoms with Gasteiger partial charge in [0, 0.05) is 5.56 Å². The van der Waals surface area contributed by atoms with Crippen molar-refractivity contribution in [3.8, 4) is 0 Å². The maximum Gasteiger partial charge on any atom is 0.257 e. The van der Waals surface area contributed by atoms with Gasteiger partial charge in [-0.25, -0.2) is 0 Å². The van der Waals surface area contributed by atoms with Gasteiger partial charge in [0.2, 0.25) is 0 Å². The molecule has 0 heterocycles. The van der Waals surface area contributed by atoms with Crippen LogP contribution in [-0.2, 0) is 9.63 Å². The quantitative estimate of drug-likeness (QED) is 0.516. The summed E-state index contributed by atoms with van der Waals surface area (Å²) in [5.41, 5.74) is 2.02. The van der Waals surface area contributed by atoms with Gasteiger partial charge in [-0.2, -0.15) is 0 Å². The van der Waals surface area contributed by atoms with Gasteiger partial charge in [0.05, 0.1) is 0 Å². The van der Waals surface area contributed by atoms with Crippen LogP contribution in [0, 0.1) is 6.92 Å². The summed E-state index contributed by atoms with van der Waals surface area (Å²) in [4.78, 5) is 14.9. The van der Waals surface area contributed by atoms with Gasteiger partial charge >= 0.3 is 0 Å². The molecule has 0 atom stereocenters. The van der Waals surface area contributed by atoms with Crippen molar-refractivity contribution >= 4 is 12.0 Å². The summed E-state index contributed by atoms with van der Waals surface area (Å²) >= 11 is 0. The Morgan fingerprint density at radius 1 is 1.38 bits per heavy atom. The van der Waals surface area contributed by atoms with E-state index in [4.69, 9.17) is 0 Å². The maximum absolute atomic E-state index is 10.4. The molecule has 1 aromatic carbocycles. The predicted molar refractivity (Wildman–Crippen MR) is 50.4 cm³/mol. The van der Waals surface area contributed by atoms with Gasteiger partial charge < -0.3 is 4.84 Å². The van der Waals surface area contributed by atoms with E-state index >= 15 is 0 Å². The summed E-state index contributed by atoms with van der Waals surface area (Å²) in [7, 11) is 1.39.